The predicted octanol–water partition coefficient (Wildman–Crippen LogP) is 6.63. The Labute approximate surface area is 212 Å². The Morgan fingerprint density at radius 2 is 1.89 bits per heavy atom. The summed E-state index contributed by atoms with van der Waals surface area (Å²) in [7, 11) is 1.35. The molecule has 0 aliphatic carbocycles. The van der Waals surface area contributed by atoms with Crippen molar-refractivity contribution in [2.24, 2.45) is 0 Å². The maximum atomic E-state index is 13.6. The van der Waals surface area contributed by atoms with E-state index in [2.05, 4.69) is 4.98 Å². The summed E-state index contributed by atoms with van der Waals surface area (Å²) < 4.78 is 48.7. The lowest BCUT2D eigenvalue weighted by Crippen LogP contribution is -2.24. The second-order valence-corrected chi connectivity index (χ2v) is 8.90. The fraction of sp³-hybridized carbons (Fsp3) is 0.333. The van der Waals surface area contributed by atoms with Crippen LogP contribution >= 0.6 is 11.6 Å². The Morgan fingerprint density at radius 1 is 1.14 bits per heavy atom. The van der Waals surface area contributed by atoms with Crippen LogP contribution in [0.15, 0.2) is 48.5 Å². The molecular weight excluding hydrogens is 495 g/mol. The van der Waals surface area contributed by atoms with Crippen LogP contribution in [0, 0.1) is 5.82 Å². The highest BCUT2D eigenvalue weighted by Gasteiger charge is 2.27. The maximum absolute atomic E-state index is 13.6. The summed E-state index contributed by atoms with van der Waals surface area (Å²) in [4.78, 5) is 17.4. The lowest BCUT2D eigenvalue weighted by molar-refractivity contribution is 0.0397. The van der Waals surface area contributed by atoms with Gasteiger partial charge >= 0.3 is 0 Å². The van der Waals surface area contributed by atoms with Crippen molar-refractivity contribution in [2.75, 3.05) is 13.7 Å². The van der Waals surface area contributed by atoms with E-state index >= 15 is 0 Å². The number of aryl methyl sites for hydroxylation is 1. The van der Waals surface area contributed by atoms with E-state index in [-0.39, 0.29) is 35.1 Å². The molecule has 1 atom stereocenters. The van der Waals surface area contributed by atoms with Crippen LogP contribution in [0.2, 0.25) is 5.02 Å². The van der Waals surface area contributed by atoms with Crippen molar-refractivity contribution in [1.29, 1.82) is 0 Å². The van der Waals surface area contributed by atoms with Crippen LogP contribution in [0.4, 0.5) is 13.2 Å². The van der Waals surface area contributed by atoms with Crippen molar-refractivity contribution in [3.05, 3.63) is 76.2 Å². The van der Waals surface area contributed by atoms with Gasteiger partial charge in [-0.15, -0.1) is 0 Å². The molecule has 1 N–H and O–H groups in total. The number of rotatable bonds is 11. The number of alkyl halides is 2. The van der Waals surface area contributed by atoms with Crippen LogP contribution in [0.3, 0.4) is 0 Å². The molecule has 2 aromatic carbocycles. The number of methoxy groups -OCH3 is 1. The number of halogens is 4. The fourth-order valence-electron chi connectivity index (χ4n) is 3.61. The quantitative estimate of drug-likeness (QED) is 0.287. The van der Waals surface area contributed by atoms with Crippen LogP contribution in [-0.4, -0.2) is 36.0 Å². The van der Waals surface area contributed by atoms with Gasteiger partial charge in [-0.25, -0.2) is 18.2 Å². The summed E-state index contributed by atoms with van der Waals surface area (Å²) >= 11 is 5.93. The first-order valence-corrected chi connectivity index (χ1v) is 11.7. The van der Waals surface area contributed by atoms with E-state index in [4.69, 9.17) is 21.1 Å². The number of ketones is 1. The summed E-state index contributed by atoms with van der Waals surface area (Å²) in [6, 6.07) is 12.2. The largest absolute Gasteiger partial charge is 0.493 e. The Morgan fingerprint density at radius 3 is 2.53 bits per heavy atom. The number of carbonyl (C=O) groups excluding carboxylic acids is 1. The SMILES string of the molecule is CCc1cc(-c2ccc(F)c(Cl)c2)nc(C(C)(O)CCC(=O)c2ccc(OCC(F)F)c(OC)c2)c1. The number of benzene rings is 2. The highest BCUT2D eigenvalue weighted by Crippen LogP contribution is 2.32. The average molecular weight is 522 g/mol. The third-order valence-electron chi connectivity index (χ3n) is 5.75. The molecule has 192 valence electrons. The highest BCUT2D eigenvalue weighted by atomic mass is 35.5. The Hall–Kier alpha value is -3.10. The minimum absolute atomic E-state index is 0.0108. The molecule has 0 radical (unpaired) electrons. The molecule has 0 saturated carbocycles. The second kappa shape index (κ2) is 11.8. The van der Waals surface area contributed by atoms with Crippen LogP contribution in [0.5, 0.6) is 11.5 Å². The molecule has 0 amide bonds. The Kier molecular flexibility index (Phi) is 8.98. The smallest absolute Gasteiger partial charge is 0.272 e. The third-order valence-corrected chi connectivity index (χ3v) is 6.04. The first kappa shape index (κ1) is 27.5. The van der Waals surface area contributed by atoms with Gasteiger partial charge in [-0.1, -0.05) is 18.5 Å². The zero-order chi connectivity index (χ0) is 26.5. The standard InChI is InChI=1S/C27H27ClF3NO4/c1-4-16-11-21(17-5-7-20(29)19(28)13-17)32-25(12-16)27(2,34)10-9-22(33)18-6-8-23(24(14-18)35-3)36-15-26(30)31/h5-8,11-14,26,34H,4,9-10,15H2,1-3H3. The van der Waals surface area contributed by atoms with Gasteiger partial charge in [0, 0.05) is 17.5 Å². The van der Waals surface area contributed by atoms with Gasteiger partial charge in [0.25, 0.3) is 6.43 Å². The molecule has 3 aromatic rings. The lowest BCUT2D eigenvalue weighted by atomic mass is 9.91. The number of nitrogens with zero attached hydrogens (tertiary/aromatic N) is 1. The number of pyridine rings is 1. The zero-order valence-corrected chi connectivity index (χ0v) is 20.9. The van der Waals surface area contributed by atoms with E-state index in [0.29, 0.717) is 28.9 Å². The van der Waals surface area contributed by atoms with Gasteiger partial charge in [0.05, 0.1) is 23.5 Å². The first-order valence-electron chi connectivity index (χ1n) is 11.4. The van der Waals surface area contributed by atoms with E-state index in [1.165, 1.54) is 37.4 Å². The van der Waals surface area contributed by atoms with Crippen LogP contribution in [-0.2, 0) is 12.0 Å². The van der Waals surface area contributed by atoms with Crippen LogP contribution in [0.1, 0.15) is 48.3 Å². The summed E-state index contributed by atoms with van der Waals surface area (Å²) in [6.45, 7) is 2.74. The summed E-state index contributed by atoms with van der Waals surface area (Å²) in [6.07, 6.45) is -1.91. The molecule has 3 rings (SSSR count). The molecule has 1 heterocycles. The van der Waals surface area contributed by atoms with Crippen molar-refractivity contribution >= 4 is 17.4 Å². The number of Topliss-reactive ketones (excluding diaryl/α,β-unsaturated/α-hetero) is 1. The first-order chi connectivity index (χ1) is 17.0. The normalized spacial score (nSPS) is 12.9. The number of ether oxygens (including phenoxy) is 2. The summed E-state index contributed by atoms with van der Waals surface area (Å²) in [5.74, 6) is -0.544. The fourth-order valence-corrected chi connectivity index (χ4v) is 3.79. The molecule has 5 nitrogen and oxygen atoms in total. The van der Waals surface area contributed by atoms with Crippen molar-refractivity contribution in [2.45, 2.75) is 45.1 Å². The molecule has 0 saturated heterocycles. The molecule has 0 aliphatic rings. The van der Waals surface area contributed by atoms with Gasteiger partial charge < -0.3 is 14.6 Å². The van der Waals surface area contributed by atoms with Crippen molar-refractivity contribution < 1.29 is 32.5 Å². The van der Waals surface area contributed by atoms with E-state index < -0.39 is 24.5 Å². The molecule has 0 bridgehead atoms. The van der Waals surface area contributed by atoms with Crippen molar-refractivity contribution in [3.63, 3.8) is 0 Å². The molecule has 0 aliphatic heterocycles. The Balaban J connectivity index is 1.79. The number of carbonyl (C=O) groups is 1. The van der Waals surface area contributed by atoms with Gasteiger partial charge in [0.2, 0.25) is 0 Å². The lowest BCUT2D eigenvalue weighted by Gasteiger charge is -2.24. The molecule has 1 aromatic heterocycles. The second-order valence-electron chi connectivity index (χ2n) is 8.49. The molecular formula is C27H27ClF3NO4. The van der Waals surface area contributed by atoms with E-state index in [1.807, 2.05) is 13.0 Å². The van der Waals surface area contributed by atoms with Gasteiger partial charge in [0.1, 0.15) is 18.0 Å². The number of hydrogen-bond acceptors (Lipinski definition) is 5. The molecule has 0 fully saturated rings. The van der Waals surface area contributed by atoms with Gasteiger partial charge in [-0.2, -0.15) is 0 Å². The number of hydrogen-bond donors (Lipinski definition) is 1. The van der Waals surface area contributed by atoms with E-state index in [9.17, 15) is 23.1 Å². The average Bonchev–Trinajstić information content (AvgIpc) is 2.87. The van der Waals surface area contributed by atoms with E-state index in [0.717, 1.165) is 5.56 Å². The third kappa shape index (κ3) is 6.77. The van der Waals surface area contributed by atoms with Gasteiger partial charge in [-0.05, 0) is 73.9 Å². The maximum Gasteiger partial charge on any atom is 0.272 e. The molecule has 0 spiro atoms. The van der Waals surface area contributed by atoms with Crippen molar-refractivity contribution in [1.82, 2.24) is 4.98 Å². The molecule has 36 heavy (non-hydrogen) atoms. The summed E-state index contributed by atoms with van der Waals surface area (Å²) in [5, 5.41) is 11.2. The topological polar surface area (TPSA) is 68.7 Å². The Bertz CT molecular complexity index is 1230. The number of aromatic nitrogens is 1. The monoisotopic (exact) mass is 521 g/mol. The minimum atomic E-state index is -2.64. The zero-order valence-electron chi connectivity index (χ0n) is 20.2. The van der Waals surface area contributed by atoms with Gasteiger partial charge in [-0.3, -0.25) is 4.79 Å². The minimum Gasteiger partial charge on any atom is -0.493 e. The molecule has 1 unspecified atom stereocenters. The van der Waals surface area contributed by atoms with E-state index in [1.54, 1.807) is 19.1 Å². The highest BCUT2D eigenvalue weighted by molar-refractivity contribution is 6.31. The van der Waals surface area contributed by atoms with Crippen LogP contribution in [0.25, 0.3) is 11.3 Å². The van der Waals surface area contributed by atoms with Crippen LogP contribution < -0.4 is 9.47 Å². The predicted molar refractivity (Wildman–Crippen MR) is 132 cm³/mol. The van der Waals surface area contributed by atoms with Gasteiger partial charge in [0.15, 0.2) is 17.3 Å². The molecule has 9 heteroatoms. The number of aliphatic hydroxyl groups is 1. The summed E-state index contributed by atoms with van der Waals surface area (Å²) in [5.41, 5.74) is 1.27. The van der Waals surface area contributed by atoms with Crippen molar-refractivity contribution in [3.8, 4) is 22.8 Å².